The second-order valence-electron chi connectivity index (χ2n) is 6.80. The van der Waals surface area contributed by atoms with E-state index in [1.165, 1.54) is 77.2 Å². The van der Waals surface area contributed by atoms with Crippen molar-refractivity contribution in [1.82, 2.24) is 5.32 Å². The molecule has 3 heteroatoms. The third kappa shape index (κ3) is 6.92. The Kier molecular flexibility index (Phi) is 9.15. The summed E-state index contributed by atoms with van der Waals surface area (Å²) in [6.45, 7) is 5.44. The molecule has 0 aromatic heterocycles. The molecular weight excluding hydrogens is 278 g/mol. The van der Waals surface area contributed by atoms with Crippen LogP contribution in [0.5, 0.6) is 0 Å². The zero-order chi connectivity index (χ0) is 14.8. The van der Waals surface area contributed by atoms with Gasteiger partial charge in [-0.25, -0.2) is 0 Å². The van der Waals surface area contributed by atoms with Crippen molar-refractivity contribution < 1.29 is 4.74 Å². The lowest BCUT2D eigenvalue weighted by atomic mass is 9.97. The van der Waals surface area contributed by atoms with Crippen molar-refractivity contribution in [2.45, 2.75) is 94.1 Å². The molecule has 2 atom stereocenters. The summed E-state index contributed by atoms with van der Waals surface area (Å²) in [6.07, 6.45) is 15.6. The van der Waals surface area contributed by atoms with Gasteiger partial charge in [0.05, 0.1) is 18.5 Å². The fourth-order valence-electron chi connectivity index (χ4n) is 3.42. The fraction of sp³-hybridized carbons (Fsp3) is 1.00. The quantitative estimate of drug-likeness (QED) is 0.790. The van der Waals surface area contributed by atoms with Crippen LogP contribution in [0, 0.1) is 0 Å². The van der Waals surface area contributed by atoms with Crippen molar-refractivity contribution in [1.29, 1.82) is 0 Å². The molecule has 0 amide bonds. The van der Waals surface area contributed by atoms with Crippen LogP contribution < -0.4 is 5.32 Å². The van der Waals surface area contributed by atoms with Gasteiger partial charge in [-0.15, -0.1) is 11.8 Å². The van der Waals surface area contributed by atoms with E-state index >= 15 is 0 Å². The maximum atomic E-state index is 5.39. The minimum atomic E-state index is 0.731. The van der Waals surface area contributed by atoms with Crippen LogP contribution in [0.2, 0.25) is 0 Å². The average Bonchev–Trinajstić information content (AvgIpc) is 2.44. The van der Waals surface area contributed by atoms with E-state index in [1.807, 2.05) is 0 Å². The monoisotopic (exact) mass is 313 g/mol. The van der Waals surface area contributed by atoms with Gasteiger partial charge in [0.1, 0.15) is 0 Å². The predicted octanol–water partition coefficient (Wildman–Crippen LogP) is 4.77. The van der Waals surface area contributed by atoms with Crippen LogP contribution in [-0.4, -0.2) is 36.3 Å². The average molecular weight is 314 g/mol. The molecule has 1 heterocycles. The molecule has 2 nitrogen and oxygen atoms in total. The van der Waals surface area contributed by atoms with Crippen LogP contribution in [0.4, 0.5) is 0 Å². The summed E-state index contributed by atoms with van der Waals surface area (Å²) in [6, 6.07) is 0.731. The van der Waals surface area contributed by atoms with Gasteiger partial charge in [0.25, 0.3) is 0 Å². The summed E-state index contributed by atoms with van der Waals surface area (Å²) in [5, 5.41) is 5.45. The van der Waals surface area contributed by atoms with E-state index in [0.29, 0.717) is 0 Å². The molecule has 0 aromatic rings. The second kappa shape index (κ2) is 10.9. The molecule has 124 valence electrons. The maximum Gasteiger partial charge on any atom is 0.0608 e. The molecular formula is C18H35NOS. The summed E-state index contributed by atoms with van der Waals surface area (Å²) >= 11 is 2.23. The summed E-state index contributed by atoms with van der Waals surface area (Å²) < 4.78 is 5.39. The predicted molar refractivity (Wildman–Crippen MR) is 94.2 cm³/mol. The number of rotatable bonds is 5. The highest BCUT2D eigenvalue weighted by molar-refractivity contribution is 8.00. The molecule has 0 aromatic carbocycles. The first-order valence-corrected chi connectivity index (χ1v) is 10.3. The van der Waals surface area contributed by atoms with Gasteiger partial charge in [0, 0.05) is 11.3 Å². The standard InChI is InChI=1S/C18H35NOS/c1-2-13-19-17-11-9-7-5-3-4-6-8-10-12-18(17)21-16-14-20-15-16/h16-19H,2-15H2,1H3. The first-order chi connectivity index (χ1) is 10.4. The van der Waals surface area contributed by atoms with Gasteiger partial charge >= 0.3 is 0 Å². The van der Waals surface area contributed by atoms with Gasteiger partial charge < -0.3 is 10.1 Å². The Bertz CT molecular complexity index is 258. The molecule has 1 saturated carbocycles. The molecule has 2 fully saturated rings. The topological polar surface area (TPSA) is 21.3 Å². The van der Waals surface area contributed by atoms with Crippen LogP contribution >= 0.6 is 11.8 Å². The Hall–Kier alpha value is 0.270. The van der Waals surface area contributed by atoms with Gasteiger partial charge in [-0.1, -0.05) is 58.3 Å². The van der Waals surface area contributed by atoms with Gasteiger partial charge in [0.15, 0.2) is 0 Å². The van der Waals surface area contributed by atoms with Crippen LogP contribution in [0.25, 0.3) is 0 Å². The third-order valence-corrected chi connectivity index (χ3v) is 6.40. The molecule has 0 spiro atoms. The maximum absolute atomic E-state index is 5.39. The molecule has 0 bridgehead atoms. The highest BCUT2D eigenvalue weighted by Crippen LogP contribution is 2.31. The van der Waals surface area contributed by atoms with E-state index in [0.717, 1.165) is 29.8 Å². The summed E-state index contributed by atoms with van der Waals surface area (Å²) in [7, 11) is 0. The lowest BCUT2D eigenvalue weighted by Crippen LogP contribution is -2.42. The normalized spacial score (nSPS) is 30.1. The number of hydrogen-bond acceptors (Lipinski definition) is 3. The van der Waals surface area contributed by atoms with Crippen LogP contribution in [0.3, 0.4) is 0 Å². The first-order valence-electron chi connectivity index (χ1n) is 9.36. The molecule has 2 aliphatic rings. The van der Waals surface area contributed by atoms with Crippen molar-refractivity contribution in [3.8, 4) is 0 Å². The third-order valence-electron chi connectivity index (χ3n) is 4.83. The SMILES string of the molecule is CCCNC1CCCCCCCCCCC1SC1COC1. The van der Waals surface area contributed by atoms with Gasteiger partial charge in [0.2, 0.25) is 0 Å². The highest BCUT2D eigenvalue weighted by Gasteiger charge is 2.28. The molecule has 1 aliphatic heterocycles. The molecule has 1 saturated heterocycles. The van der Waals surface area contributed by atoms with Crippen molar-refractivity contribution in [2.75, 3.05) is 19.8 Å². The number of nitrogens with one attached hydrogen (secondary N) is 1. The summed E-state index contributed by atoms with van der Waals surface area (Å²) in [5.41, 5.74) is 0. The van der Waals surface area contributed by atoms with E-state index in [2.05, 4.69) is 24.0 Å². The first kappa shape index (κ1) is 17.6. The van der Waals surface area contributed by atoms with E-state index < -0.39 is 0 Å². The van der Waals surface area contributed by atoms with Crippen LogP contribution in [0.15, 0.2) is 0 Å². The van der Waals surface area contributed by atoms with Gasteiger partial charge in [-0.05, 0) is 25.8 Å². The van der Waals surface area contributed by atoms with E-state index in [-0.39, 0.29) is 0 Å². The lowest BCUT2D eigenvalue weighted by Gasteiger charge is -2.34. The Morgan fingerprint density at radius 2 is 1.52 bits per heavy atom. The smallest absolute Gasteiger partial charge is 0.0608 e. The van der Waals surface area contributed by atoms with Crippen LogP contribution in [0.1, 0.15) is 77.6 Å². The van der Waals surface area contributed by atoms with E-state index in [1.54, 1.807) is 0 Å². The minimum absolute atomic E-state index is 0.731. The molecule has 21 heavy (non-hydrogen) atoms. The minimum Gasteiger partial charge on any atom is -0.379 e. The highest BCUT2D eigenvalue weighted by atomic mass is 32.2. The fourth-order valence-corrected chi connectivity index (χ4v) is 4.99. The van der Waals surface area contributed by atoms with Crippen molar-refractivity contribution in [2.24, 2.45) is 0 Å². The Morgan fingerprint density at radius 3 is 2.10 bits per heavy atom. The van der Waals surface area contributed by atoms with Crippen molar-refractivity contribution in [3.05, 3.63) is 0 Å². The summed E-state index contributed by atoms with van der Waals surface area (Å²) in [5.74, 6) is 0. The summed E-state index contributed by atoms with van der Waals surface area (Å²) in [4.78, 5) is 0. The zero-order valence-electron chi connectivity index (χ0n) is 13.9. The number of hydrogen-bond donors (Lipinski definition) is 1. The largest absolute Gasteiger partial charge is 0.379 e. The lowest BCUT2D eigenvalue weighted by molar-refractivity contribution is 0.0451. The molecule has 1 N–H and O–H groups in total. The van der Waals surface area contributed by atoms with E-state index in [9.17, 15) is 0 Å². The zero-order valence-corrected chi connectivity index (χ0v) is 14.8. The van der Waals surface area contributed by atoms with Gasteiger partial charge in [-0.2, -0.15) is 0 Å². The molecule has 0 radical (unpaired) electrons. The van der Waals surface area contributed by atoms with Crippen molar-refractivity contribution in [3.63, 3.8) is 0 Å². The van der Waals surface area contributed by atoms with E-state index in [4.69, 9.17) is 4.74 Å². The molecule has 1 aliphatic carbocycles. The molecule has 2 rings (SSSR count). The van der Waals surface area contributed by atoms with Crippen LogP contribution in [-0.2, 0) is 4.74 Å². The number of ether oxygens (including phenoxy) is 1. The van der Waals surface area contributed by atoms with Crippen molar-refractivity contribution >= 4 is 11.8 Å². The second-order valence-corrected chi connectivity index (χ2v) is 8.34. The Balaban J connectivity index is 1.87. The Labute approximate surface area is 136 Å². The molecule has 2 unspecified atom stereocenters. The van der Waals surface area contributed by atoms with Gasteiger partial charge in [-0.3, -0.25) is 0 Å². The number of thioether (sulfide) groups is 1. The Morgan fingerprint density at radius 1 is 0.905 bits per heavy atom.